The summed E-state index contributed by atoms with van der Waals surface area (Å²) >= 11 is 3.42. The molecule has 0 unspecified atom stereocenters. The maximum Gasteiger partial charge on any atom is 0.256 e. The van der Waals surface area contributed by atoms with Gasteiger partial charge in [0.25, 0.3) is 5.56 Å². The number of hydrogen-bond donors (Lipinski definition) is 2. The second-order valence-corrected chi connectivity index (χ2v) is 5.20. The van der Waals surface area contributed by atoms with Crippen molar-refractivity contribution in [1.29, 1.82) is 0 Å². The van der Waals surface area contributed by atoms with E-state index in [0.29, 0.717) is 5.82 Å². The summed E-state index contributed by atoms with van der Waals surface area (Å²) in [6.07, 6.45) is 1.78. The van der Waals surface area contributed by atoms with Crippen molar-refractivity contribution in [2.24, 2.45) is 0 Å². The number of nitrogens with one attached hydrogen (secondary N) is 2. The second kappa shape index (κ2) is 4.57. The molecule has 92 valence electrons. The number of nitrogens with zero attached hydrogens (tertiary/aromatic N) is 1. The fourth-order valence-electron chi connectivity index (χ4n) is 2.12. The Bertz CT molecular complexity index is 651. The van der Waals surface area contributed by atoms with Crippen molar-refractivity contribution in [1.82, 2.24) is 9.97 Å². The summed E-state index contributed by atoms with van der Waals surface area (Å²) in [5.74, 6) is 1.33. The zero-order valence-electron chi connectivity index (χ0n) is 9.66. The predicted molar refractivity (Wildman–Crippen MR) is 74.8 cm³/mol. The van der Waals surface area contributed by atoms with Crippen LogP contribution in [0.5, 0.6) is 0 Å². The summed E-state index contributed by atoms with van der Waals surface area (Å²) in [7, 11) is 0. The van der Waals surface area contributed by atoms with Gasteiger partial charge in [-0.25, -0.2) is 4.98 Å². The molecule has 3 rings (SSSR count). The van der Waals surface area contributed by atoms with E-state index < -0.39 is 0 Å². The van der Waals surface area contributed by atoms with Crippen LogP contribution < -0.4 is 10.9 Å². The van der Waals surface area contributed by atoms with Crippen molar-refractivity contribution in [2.75, 3.05) is 11.9 Å². The first-order valence-corrected chi connectivity index (χ1v) is 6.66. The quantitative estimate of drug-likeness (QED) is 0.851. The number of fused-ring (bicyclic) bond motifs is 1. The molecule has 0 saturated heterocycles. The van der Waals surface area contributed by atoms with Gasteiger partial charge in [-0.1, -0.05) is 28.1 Å². The van der Waals surface area contributed by atoms with E-state index in [1.807, 2.05) is 24.3 Å². The van der Waals surface area contributed by atoms with E-state index >= 15 is 0 Å². The van der Waals surface area contributed by atoms with Crippen molar-refractivity contribution >= 4 is 21.7 Å². The molecule has 0 atom stereocenters. The number of halogens is 1. The van der Waals surface area contributed by atoms with E-state index in [9.17, 15) is 4.79 Å². The Labute approximate surface area is 113 Å². The van der Waals surface area contributed by atoms with Gasteiger partial charge in [-0.05, 0) is 25.0 Å². The van der Waals surface area contributed by atoms with Gasteiger partial charge in [0.2, 0.25) is 0 Å². The first-order valence-electron chi connectivity index (χ1n) is 5.87. The Balaban J connectivity index is 2.14. The number of aromatic amines is 1. The fourth-order valence-corrected chi connectivity index (χ4v) is 2.52. The molecule has 0 radical (unpaired) electrons. The van der Waals surface area contributed by atoms with Crippen LogP contribution in [0.4, 0.5) is 5.82 Å². The summed E-state index contributed by atoms with van der Waals surface area (Å²) < 4.78 is 0.966. The smallest absolute Gasteiger partial charge is 0.256 e. The van der Waals surface area contributed by atoms with Crippen LogP contribution in [0.3, 0.4) is 0 Å². The third-order valence-electron chi connectivity index (χ3n) is 3.01. The van der Waals surface area contributed by atoms with E-state index in [1.54, 1.807) is 0 Å². The molecule has 2 heterocycles. The molecule has 0 spiro atoms. The molecule has 5 heteroatoms. The Morgan fingerprint density at radius 2 is 2.22 bits per heavy atom. The average Bonchev–Trinajstić information content (AvgIpc) is 2.39. The molecule has 0 amide bonds. The van der Waals surface area contributed by atoms with E-state index in [1.165, 1.54) is 0 Å². The highest BCUT2D eigenvalue weighted by molar-refractivity contribution is 9.10. The molecule has 0 bridgehead atoms. The van der Waals surface area contributed by atoms with Gasteiger partial charge in [-0.3, -0.25) is 4.79 Å². The van der Waals surface area contributed by atoms with Crippen LogP contribution in [0.25, 0.3) is 11.4 Å². The first kappa shape index (κ1) is 11.5. The molecule has 0 aliphatic carbocycles. The molecular weight excluding hydrogens is 294 g/mol. The molecule has 1 aliphatic heterocycles. The van der Waals surface area contributed by atoms with E-state index in [0.717, 1.165) is 40.8 Å². The summed E-state index contributed by atoms with van der Waals surface area (Å²) in [5, 5.41) is 3.19. The molecule has 18 heavy (non-hydrogen) atoms. The molecule has 1 aromatic carbocycles. The summed E-state index contributed by atoms with van der Waals surface area (Å²) in [5.41, 5.74) is 1.62. The molecule has 0 saturated carbocycles. The lowest BCUT2D eigenvalue weighted by Crippen LogP contribution is -2.24. The Hall–Kier alpha value is -1.62. The normalized spacial score (nSPS) is 13.8. The van der Waals surface area contributed by atoms with E-state index in [2.05, 4.69) is 31.2 Å². The lowest BCUT2D eigenvalue weighted by Gasteiger charge is -2.16. The van der Waals surface area contributed by atoms with E-state index in [4.69, 9.17) is 0 Å². The third kappa shape index (κ3) is 2.06. The highest BCUT2D eigenvalue weighted by Crippen LogP contribution is 2.22. The highest BCUT2D eigenvalue weighted by Gasteiger charge is 2.15. The number of benzene rings is 1. The fraction of sp³-hybridized carbons (Fsp3) is 0.231. The minimum absolute atomic E-state index is 0.0397. The topological polar surface area (TPSA) is 57.8 Å². The van der Waals surface area contributed by atoms with Crippen LogP contribution in [0.15, 0.2) is 33.5 Å². The SMILES string of the molecule is O=c1[nH]c(-c2cccc(Br)c2)nc2c1CCCN2. The number of rotatable bonds is 1. The van der Waals surface area contributed by atoms with Crippen LogP contribution in [-0.4, -0.2) is 16.5 Å². The number of hydrogen-bond acceptors (Lipinski definition) is 3. The zero-order valence-corrected chi connectivity index (χ0v) is 11.3. The minimum atomic E-state index is -0.0397. The van der Waals surface area contributed by atoms with Crippen molar-refractivity contribution < 1.29 is 0 Å². The molecule has 4 nitrogen and oxygen atoms in total. The lowest BCUT2D eigenvalue weighted by atomic mass is 10.1. The van der Waals surface area contributed by atoms with Crippen molar-refractivity contribution in [2.45, 2.75) is 12.8 Å². The van der Waals surface area contributed by atoms with E-state index in [-0.39, 0.29) is 5.56 Å². The van der Waals surface area contributed by atoms with Gasteiger partial charge in [0, 0.05) is 16.6 Å². The van der Waals surface area contributed by atoms with Crippen molar-refractivity contribution in [3.63, 3.8) is 0 Å². The Kier molecular flexibility index (Phi) is 2.91. The van der Waals surface area contributed by atoms with Gasteiger partial charge in [0.15, 0.2) is 0 Å². The number of anilines is 1. The molecule has 1 aromatic heterocycles. The Morgan fingerprint density at radius 3 is 3.06 bits per heavy atom. The van der Waals surface area contributed by atoms with Crippen LogP contribution in [0, 0.1) is 0 Å². The minimum Gasteiger partial charge on any atom is -0.370 e. The maximum atomic E-state index is 12.0. The Morgan fingerprint density at radius 1 is 1.33 bits per heavy atom. The number of aromatic nitrogens is 2. The van der Waals surface area contributed by atoms with Crippen LogP contribution >= 0.6 is 15.9 Å². The maximum absolute atomic E-state index is 12.0. The molecular formula is C13H12BrN3O. The third-order valence-corrected chi connectivity index (χ3v) is 3.50. The van der Waals surface area contributed by atoms with Crippen molar-refractivity contribution in [3.05, 3.63) is 44.7 Å². The highest BCUT2D eigenvalue weighted by atomic mass is 79.9. The lowest BCUT2D eigenvalue weighted by molar-refractivity contribution is 0.800. The van der Waals surface area contributed by atoms with Gasteiger partial charge in [-0.2, -0.15) is 0 Å². The summed E-state index contributed by atoms with van der Waals surface area (Å²) in [6.45, 7) is 0.876. The monoisotopic (exact) mass is 305 g/mol. The molecule has 1 aliphatic rings. The summed E-state index contributed by atoms with van der Waals surface area (Å²) in [6, 6.07) is 7.73. The second-order valence-electron chi connectivity index (χ2n) is 4.28. The van der Waals surface area contributed by atoms with Crippen molar-refractivity contribution in [3.8, 4) is 11.4 Å². The van der Waals surface area contributed by atoms with Gasteiger partial charge >= 0.3 is 0 Å². The van der Waals surface area contributed by atoms with Gasteiger partial charge in [0.05, 0.1) is 5.56 Å². The van der Waals surface area contributed by atoms with Crippen LogP contribution in [0.1, 0.15) is 12.0 Å². The van der Waals surface area contributed by atoms with Crippen LogP contribution in [0.2, 0.25) is 0 Å². The zero-order chi connectivity index (χ0) is 12.5. The molecule has 2 N–H and O–H groups in total. The number of H-pyrrole nitrogens is 1. The van der Waals surface area contributed by atoms with Gasteiger partial charge < -0.3 is 10.3 Å². The first-order chi connectivity index (χ1) is 8.74. The van der Waals surface area contributed by atoms with Gasteiger partial charge in [0.1, 0.15) is 11.6 Å². The average molecular weight is 306 g/mol. The standard InChI is InChI=1S/C13H12BrN3O/c14-9-4-1-3-8(7-9)11-16-12-10(13(18)17-11)5-2-6-15-12/h1,3-4,7H,2,5-6H2,(H2,15,16,17,18). The predicted octanol–water partition coefficient (Wildman–Crippen LogP) is 2.56. The van der Waals surface area contributed by atoms with Crippen LogP contribution in [-0.2, 0) is 6.42 Å². The largest absolute Gasteiger partial charge is 0.370 e. The van der Waals surface area contributed by atoms with Gasteiger partial charge in [-0.15, -0.1) is 0 Å². The summed E-state index contributed by atoms with van der Waals surface area (Å²) in [4.78, 5) is 19.3. The molecule has 2 aromatic rings. The molecule has 0 fully saturated rings.